The van der Waals surface area contributed by atoms with E-state index in [1.165, 1.54) is 0 Å². The third-order valence-corrected chi connectivity index (χ3v) is 1.93. The van der Waals surface area contributed by atoms with Crippen molar-refractivity contribution < 1.29 is 14.3 Å². The maximum absolute atomic E-state index is 11.6. The van der Waals surface area contributed by atoms with Crippen molar-refractivity contribution in [2.24, 2.45) is 4.99 Å². The molecule has 0 heterocycles. The number of guanidine groups is 1. The number of carbonyl (C=O) groups is 1. The fraction of sp³-hybridized carbons (Fsp3) is 0.846. The summed E-state index contributed by atoms with van der Waals surface area (Å²) in [5.41, 5.74) is -0.484. The van der Waals surface area contributed by atoms with Crippen molar-refractivity contribution in [1.29, 1.82) is 0 Å². The van der Waals surface area contributed by atoms with Gasteiger partial charge in [-0.05, 0) is 34.6 Å². The fourth-order valence-electron chi connectivity index (χ4n) is 1.36. The Morgan fingerprint density at radius 1 is 1.37 bits per heavy atom. The smallest absolute Gasteiger partial charge is 0.328 e. The van der Waals surface area contributed by atoms with E-state index in [1.807, 2.05) is 34.6 Å². The molecule has 0 spiro atoms. The van der Waals surface area contributed by atoms with Gasteiger partial charge in [0.15, 0.2) is 5.96 Å². The van der Waals surface area contributed by atoms with Crippen LogP contribution >= 0.6 is 0 Å². The van der Waals surface area contributed by atoms with Crippen molar-refractivity contribution >= 4 is 11.9 Å². The standard InChI is InChI=1S/C13H27N3O3/c1-7-14-12(16-10(2)9-18-6)15-8-11(17)19-13(3,4)5/h10H,7-9H2,1-6H3,(H2,14,15,16). The van der Waals surface area contributed by atoms with Gasteiger partial charge in [-0.1, -0.05) is 0 Å². The lowest BCUT2D eigenvalue weighted by molar-refractivity contribution is -0.152. The third-order valence-electron chi connectivity index (χ3n) is 1.93. The van der Waals surface area contributed by atoms with Crippen LogP contribution in [0.1, 0.15) is 34.6 Å². The van der Waals surface area contributed by atoms with E-state index in [4.69, 9.17) is 9.47 Å². The minimum absolute atomic E-state index is 0.00763. The number of carbonyl (C=O) groups excluding carboxylic acids is 1. The second-order valence-electron chi connectivity index (χ2n) is 5.28. The van der Waals surface area contributed by atoms with Crippen molar-refractivity contribution in [2.45, 2.75) is 46.3 Å². The summed E-state index contributed by atoms with van der Waals surface area (Å²) in [7, 11) is 1.64. The van der Waals surface area contributed by atoms with Gasteiger partial charge in [0.1, 0.15) is 12.1 Å². The Hall–Kier alpha value is -1.30. The van der Waals surface area contributed by atoms with E-state index in [0.717, 1.165) is 6.54 Å². The van der Waals surface area contributed by atoms with E-state index >= 15 is 0 Å². The van der Waals surface area contributed by atoms with Gasteiger partial charge in [0.2, 0.25) is 0 Å². The zero-order chi connectivity index (χ0) is 14.9. The number of methoxy groups -OCH3 is 1. The van der Waals surface area contributed by atoms with Gasteiger partial charge in [-0.3, -0.25) is 4.79 Å². The Kier molecular flexibility index (Phi) is 8.14. The molecule has 0 aliphatic heterocycles. The minimum Gasteiger partial charge on any atom is -0.459 e. The van der Waals surface area contributed by atoms with E-state index in [2.05, 4.69) is 15.6 Å². The first kappa shape index (κ1) is 17.7. The molecule has 2 N–H and O–H groups in total. The number of ether oxygens (including phenoxy) is 2. The molecule has 0 aliphatic carbocycles. The van der Waals surface area contributed by atoms with Crippen LogP contribution in [0.25, 0.3) is 0 Å². The molecule has 0 aromatic carbocycles. The van der Waals surface area contributed by atoms with Crippen LogP contribution in [0.2, 0.25) is 0 Å². The predicted molar refractivity (Wildman–Crippen MR) is 76.3 cm³/mol. The van der Waals surface area contributed by atoms with Crippen LogP contribution in [0, 0.1) is 0 Å². The summed E-state index contributed by atoms with van der Waals surface area (Å²) in [5, 5.41) is 6.21. The predicted octanol–water partition coefficient (Wildman–Crippen LogP) is 0.918. The molecule has 0 aromatic heterocycles. The lowest BCUT2D eigenvalue weighted by Gasteiger charge is -2.19. The zero-order valence-electron chi connectivity index (χ0n) is 12.9. The molecular formula is C13H27N3O3. The molecule has 6 nitrogen and oxygen atoms in total. The summed E-state index contributed by atoms with van der Waals surface area (Å²) < 4.78 is 10.2. The van der Waals surface area contributed by atoms with Gasteiger partial charge in [-0.25, -0.2) is 4.99 Å². The Balaban J connectivity index is 4.36. The van der Waals surface area contributed by atoms with E-state index < -0.39 is 5.60 Å². The molecule has 19 heavy (non-hydrogen) atoms. The molecule has 1 atom stereocenters. The second-order valence-corrected chi connectivity index (χ2v) is 5.28. The van der Waals surface area contributed by atoms with Crippen molar-refractivity contribution in [3.8, 4) is 0 Å². The highest BCUT2D eigenvalue weighted by Gasteiger charge is 2.16. The average Bonchev–Trinajstić information content (AvgIpc) is 2.24. The van der Waals surface area contributed by atoms with Crippen molar-refractivity contribution in [3.05, 3.63) is 0 Å². The van der Waals surface area contributed by atoms with Gasteiger partial charge in [-0.15, -0.1) is 0 Å². The van der Waals surface area contributed by atoms with Gasteiger partial charge in [0.25, 0.3) is 0 Å². The molecule has 0 amide bonds. The molecule has 0 aliphatic rings. The number of hydrogen-bond donors (Lipinski definition) is 2. The largest absolute Gasteiger partial charge is 0.459 e. The van der Waals surface area contributed by atoms with E-state index in [-0.39, 0.29) is 18.6 Å². The molecule has 0 aromatic rings. The molecule has 0 saturated carbocycles. The molecule has 0 saturated heterocycles. The van der Waals surface area contributed by atoms with Gasteiger partial charge in [0, 0.05) is 19.7 Å². The quantitative estimate of drug-likeness (QED) is 0.428. The molecule has 112 valence electrons. The van der Waals surface area contributed by atoms with Crippen LogP contribution in [-0.2, 0) is 14.3 Å². The summed E-state index contributed by atoms with van der Waals surface area (Å²) in [6.45, 7) is 10.7. The summed E-state index contributed by atoms with van der Waals surface area (Å²) in [6, 6.07) is 0.112. The van der Waals surface area contributed by atoms with Crippen molar-refractivity contribution in [2.75, 3.05) is 26.8 Å². The number of nitrogens with zero attached hydrogens (tertiary/aromatic N) is 1. The highest BCUT2D eigenvalue weighted by atomic mass is 16.6. The molecule has 1 unspecified atom stereocenters. The van der Waals surface area contributed by atoms with E-state index in [1.54, 1.807) is 7.11 Å². The van der Waals surface area contributed by atoms with Crippen LogP contribution in [0.15, 0.2) is 4.99 Å². The van der Waals surface area contributed by atoms with Crippen molar-refractivity contribution in [3.63, 3.8) is 0 Å². The second kappa shape index (κ2) is 8.74. The lowest BCUT2D eigenvalue weighted by Crippen LogP contribution is -2.44. The van der Waals surface area contributed by atoms with Crippen molar-refractivity contribution in [1.82, 2.24) is 10.6 Å². The van der Waals surface area contributed by atoms with E-state index in [0.29, 0.717) is 12.6 Å². The first-order valence-electron chi connectivity index (χ1n) is 6.54. The number of aliphatic imine (C=N–C) groups is 1. The number of rotatable bonds is 6. The van der Waals surface area contributed by atoms with Crippen LogP contribution < -0.4 is 10.6 Å². The van der Waals surface area contributed by atoms with Crippen LogP contribution in [0.4, 0.5) is 0 Å². The Morgan fingerprint density at radius 2 is 2.00 bits per heavy atom. The number of hydrogen-bond acceptors (Lipinski definition) is 4. The molecular weight excluding hydrogens is 246 g/mol. The number of esters is 1. The summed E-state index contributed by atoms with van der Waals surface area (Å²) in [4.78, 5) is 15.8. The van der Waals surface area contributed by atoms with Gasteiger partial charge in [-0.2, -0.15) is 0 Å². The highest BCUT2D eigenvalue weighted by Crippen LogP contribution is 2.06. The van der Waals surface area contributed by atoms with Gasteiger partial charge >= 0.3 is 5.97 Å². The van der Waals surface area contributed by atoms with Crippen LogP contribution in [0.3, 0.4) is 0 Å². The Bertz CT molecular complexity index is 298. The normalized spacial score (nSPS) is 13.9. The molecule has 0 fully saturated rings. The Morgan fingerprint density at radius 3 is 2.47 bits per heavy atom. The summed E-state index contributed by atoms with van der Waals surface area (Å²) in [5.74, 6) is 0.238. The van der Waals surface area contributed by atoms with Crippen LogP contribution in [0.5, 0.6) is 0 Å². The zero-order valence-corrected chi connectivity index (χ0v) is 12.9. The van der Waals surface area contributed by atoms with E-state index in [9.17, 15) is 4.79 Å². The average molecular weight is 273 g/mol. The van der Waals surface area contributed by atoms with Crippen LogP contribution in [-0.4, -0.2) is 50.4 Å². The molecule has 0 bridgehead atoms. The maximum atomic E-state index is 11.6. The molecule has 6 heteroatoms. The summed E-state index contributed by atoms with van der Waals surface area (Å²) >= 11 is 0. The first-order valence-corrected chi connectivity index (χ1v) is 6.54. The third kappa shape index (κ3) is 10.3. The van der Waals surface area contributed by atoms with Gasteiger partial charge in [0.05, 0.1) is 6.61 Å². The maximum Gasteiger partial charge on any atom is 0.328 e. The minimum atomic E-state index is -0.484. The lowest BCUT2D eigenvalue weighted by atomic mass is 10.2. The fourth-order valence-corrected chi connectivity index (χ4v) is 1.36. The van der Waals surface area contributed by atoms with Gasteiger partial charge < -0.3 is 20.1 Å². The monoisotopic (exact) mass is 273 g/mol. The topological polar surface area (TPSA) is 72.0 Å². The molecule has 0 rings (SSSR count). The SMILES string of the molecule is CCNC(=NCC(=O)OC(C)(C)C)NC(C)COC. The Labute approximate surface area is 116 Å². The first-order chi connectivity index (χ1) is 8.78. The highest BCUT2D eigenvalue weighted by molar-refractivity contribution is 5.83. The summed E-state index contributed by atoms with van der Waals surface area (Å²) in [6.07, 6.45) is 0. The molecule has 0 radical (unpaired) electrons. The number of nitrogens with one attached hydrogen (secondary N) is 2.